The molecule has 324 valence electrons. The molecule has 6 aromatic rings. The minimum atomic E-state index is -5.74. The molecule has 1 atom stereocenters. The molecule has 1 aliphatic heterocycles. The number of rotatable bonds is 8. The number of benzene rings is 2. The molecule has 0 bridgehead atoms. The molecule has 0 amide bonds. The smallest absolute Gasteiger partial charge is 0.203 e. The van der Waals surface area contributed by atoms with E-state index < -0.39 is 92.3 Å². The molecule has 4 aromatic heterocycles. The quantitative estimate of drug-likeness (QED) is 0.0867. The number of alkyl halides is 6. The minimum Gasteiger partial charge on any atom is -0.203 e. The normalized spacial score (nSPS) is 15.0. The molecule has 1 unspecified atom stereocenters. The number of nitriles is 2. The van der Waals surface area contributed by atoms with Gasteiger partial charge in [-0.25, -0.2) is 35.1 Å². The Bertz CT molecular complexity index is 2970. The number of hydrogen-bond donors (Lipinski definition) is 0. The molecule has 5 heterocycles. The summed E-state index contributed by atoms with van der Waals surface area (Å²) < 4.78 is 195. The lowest BCUT2D eigenvalue weighted by atomic mass is 10.0. The highest BCUT2D eigenvalue weighted by atomic mass is 32.2. The number of nitrogens with zero attached hydrogens (tertiary/aromatic N) is 2. The van der Waals surface area contributed by atoms with Gasteiger partial charge >= 0.3 is 12.4 Å². The van der Waals surface area contributed by atoms with Gasteiger partial charge in [0.2, 0.25) is 0 Å². The SMILES string of the molecule is Cc1cc(/C=C(\C#N)c2c(F)c(F)c(C(F)(F)F)c(F)c2F)sc1-c1ccc(C2=CCC(c3ccc(-c4sc(/C=C(\C#N)c5c(F)c(F)c(C(F)(F)F)c(F)c5F)cc4C)s3)S2)s1. The molecule has 21 heteroatoms. The fourth-order valence-electron chi connectivity index (χ4n) is 6.52. The summed E-state index contributed by atoms with van der Waals surface area (Å²) in [5, 5.41) is 19.2. The fourth-order valence-corrected chi connectivity index (χ4v) is 12.7. The van der Waals surface area contributed by atoms with Crippen molar-refractivity contribution < 1.29 is 61.5 Å². The third-order valence-electron chi connectivity index (χ3n) is 9.35. The lowest BCUT2D eigenvalue weighted by molar-refractivity contribution is -0.144. The average Bonchev–Trinajstić information content (AvgIpc) is 4.06. The predicted molar refractivity (Wildman–Crippen MR) is 217 cm³/mol. The molecule has 0 spiro atoms. The first-order chi connectivity index (χ1) is 29.5. The van der Waals surface area contributed by atoms with E-state index in [1.807, 2.05) is 30.3 Å². The Balaban J connectivity index is 1.08. The first-order valence-corrected chi connectivity index (χ1v) is 21.6. The van der Waals surface area contributed by atoms with Gasteiger partial charge in [-0.1, -0.05) is 6.08 Å². The maximum Gasteiger partial charge on any atom is 0.422 e. The summed E-state index contributed by atoms with van der Waals surface area (Å²) in [6, 6.07) is 13.4. The molecule has 0 N–H and O–H groups in total. The lowest BCUT2D eigenvalue weighted by Crippen LogP contribution is -2.16. The molecule has 1 aliphatic rings. The van der Waals surface area contributed by atoms with Crippen molar-refractivity contribution in [1.29, 1.82) is 10.5 Å². The van der Waals surface area contributed by atoms with Gasteiger partial charge < -0.3 is 0 Å². The third-order valence-corrected chi connectivity index (χ3v) is 16.0. The van der Waals surface area contributed by atoms with Crippen LogP contribution in [0, 0.1) is 83.0 Å². The summed E-state index contributed by atoms with van der Waals surface area (Å²) in [7, 11) is 0. The molecule has 63 heavy (non-hydrogen) atoms. The van der Waals surface area contributed by atoms with Crippen LogP contribution in [0.4, 0.5) is 61.5 Å². The standard InChI is InChI=1S/C42H18F14N2S5/c1-15-9-19(11-17(13-57)27-31(43)35(47)29(41(51,52)53)36(48)32(27)44)59-39(15)25-7-5-23(62-25)21-3-4-22(61-21)24-6-8-26(63-24)40-16(2)10-20(60-40)12-18(14-58)28-33(45)37(49)30(42(54,55)56)38(50)34(28)46/h3,5-12,22H,4H2,1-2H3/b17-11+,18-12+. The fraction of sp³-hybridized carbons (Fsp3) is 0.143. The topological polar surface area (TPSA) is 47.6 Å². The second-order valence-electron chi connectivity index (χ2n) is 13.4. The monoisotopic (exact) mass is 976 g/mol. The third kappa shape index (κ3) is 8.49. The van der Waals surface area contributed by atoms with Crippen molar-refractivity contribution in [3.8, 4) is 31.6 Å². The van der Waals surface area contributed by atoms with Crippen molar-refractivity contribution in [2.45, 2.75) is 37.9 Å². The van der Waals surface area contributed by atoms with Crippen LogP contribution in [0.25, 0.3) is 47.7 Å². The molecule has 2 aromatic carbocycles. The van der Waals surface area contributed by atoms with E-state index in [0.29, 0.717) is 27.3 Å². The van der Waals surface area contributed by atoms with Crippen molar-refractivity contribution in [3.05, 3.63) is 142 Å². The Hall–Kier alpha value is -5.19. The number of aryl methyl sites for hydroxylation is 2. The summed E-state index contributed by atoms with van der Waals surface area (Å²) in [5.41, 5.74) is -9.20. The Labute approximate surface area is 367 Å². The van der Waals surface area contributed by atoms with Gasteiger partial charge in [0.15, 0.2) is 46.5 Å². The summed E-state index contributed by atoms with van der Waals surface area (Å²) in [4.78, 5) is 6.16. The molecule has 0 saturated carbocycles. The number of halogens is 14. The van der Waals surface area contributed by atoms with Crippen LogP contribution in [0.3, 0.4) is 0 Å². The van der Waals surface area contributed by atoms with Crippen molar-refractivity contribution >= 4 is 85.3 Å². The maximum absolute atomic E-state index is 14.7. The van der Waals surface area contributed by atoms with Gasteiger partial charge in [-0.15, -0.1) is 57.1 Å². The van der Waals surface area contributed by atoms with Crippen LogP contribution in [0.1, 0.15) is 64.6 Å². The van der Waals surface area contributed by atoms with E-state index in [0.717, 1.165) is 59.2 Å². The second-order valence-corrected chi connectivity index (χ2v) is 19.1. The Morgan fingerprint density at radius 1 is 0.571 bits per heavy atom. The molecule has 0 radical (unpaired) electrons. The molecule has 0 aliphatic carbocycles. The Morgan fingerprint density at radius 3 is 1.38 bits per heavy atom. The predicted octanol–water partition coefficient (Wildman–Crippen LogP) is 16.4. The summed E-state index contributed by atoms with van der Waals surface area (Å²) in [5.74, 6) is -20.2. The van der Waals surface area contributed by atoms with Crippen molar-refractivity contribution in [2.75, 3.05) is 0 Å². The van der Waals surface area contributed by atoms with Crippen LogP contribution < -0.4 is 0 Å². The first kappa shape index (κ1) is 45.8. The minimum absolute atomic E-state index is 0.0187. The van der Waals surface area contributed by atoms with Gasteiger partial charge in [-0.05, 0) is 79.9 Å². The molecular weight excluding hydrogens is 959 g/mol. The van der Waals surface area contributed by atoms with Gasteiger partial charge in [0, 0.05) is 49.2 Å². The molecular formula is C42H18F14N2S5. The highest BCUT2D eigenvalue weighted by molar-refractivity contribution is 8.09. The summed E-state index contributed by atoms with van der Waals surface area (Å²) in [6.45, 7) is 3.42. The van der Waals surface area contributed by atoms with Gasteiger partial charge in [0.1, 0.15) is 23.3 Å². The van der Waals surface area contributed by atoms with Crippen molar-refractivity contribution in [1.82, 2.24) is 0 Å². The summed E-state index contributed by atoms with van der Waals surface area (Å²) in [6.07, 6.45) is -6.96. The van der Waals surface area contributed by atoms with E-state index in [1.54, 1.807) is 31.7 Å². The number of thiophene rings is 4. The van der Waals surface area contributed by atoms with Gasteiger partial charge in [-0.2, -0.15) is 36.9 Å². The number of hydrogen-bond acceptors (Lipinski definition) is 7. The Morgan fingerprint density at radius 2 is 0.968 bits per heavy atom. The van der Waals surface area contributed by atoms with Crippen LogP contribution in [-0.2, 0) is 12.4 Å². The van der Waals surface area contributed by atoms with Crippen LogP contribution in [0.2, 0.25) is 0 Å². The highest BCUT2D eigenvalue weighted by Crippen LogP contribution is 2.53. The number of allylic oxidation sites excluding steroid dienone is 3. The Kier molecular flexibility index (Phi) is 12.4. The zero-order valence-electron chi connectivity index (χ0n) is 31.2. The zero-order chi connectivity index (χ0) is 46.0. The van der Waals surface area contributed by atoms with Crippen molar-refractivity contribution in [2.24, 2.45) is 0 Å². The van der Waals surface area contributed by atoms with Crippen LogP contribution in [0.5, 0.6) is 0 Å². The number of thioether (sulfide) groups is 1. The van der Waals surface area contributed by atoms with E-state index >= 15 is 0 Å². The zero-order valence-corrected chi connectivity index (χ0v) is 35.3. The van der Waals surface area contributed by atoms with Gasteiger partial charge in [0.25, 0.3) is 0 Å². The maximum atomic E-state index is 14.7. The lowest BCUT2D eigenvalue weighted by Gasteiger charge is -2.13. The second kappa shape index (κ2) is 17.1. The molecule has 0 saturated heterocycles. The molecule has 7 rings (SSSR count). The van der Waals surface area contributed by atoms with E-state index in [1.165, 1.54) is 40.9 Å². The van der Waals surface area contributed by atoms with E-state index in [9.17, 15) is 72.0 Å². The van der Waals surface area contributed by atoms with E-state index in [4.69, 9.17) is 0 Å². The largest absolute Gasteiger partial charge is 0.422 e. The average molecular weight is 977 g/mol. The van der Waals surface area contributed by atoms with Crippen LogP contribution in [0.15, 0.2) is 42.5 Å². The van der Waals surface area contributed by atoms with Crippen molar-refractivity contribution in [3.63, 3.8) is 0 Å². The molecule has 0 fully saturated rings. The molecule has 2 nitrogen and oxygen atoms in total. The van der Waals surface area contributed by atoms with Gasteiger partial charge in [-0.3, -0.25) is 0 Å². The summed E-state index contributed by atoms with van der Waals surface area (Å²) >= 11 is 6.57. The van der Waals surface area contributed by atoms with Gasteiger partial charge in [0.05, 0.1) is 22.3 Å². The highest BCUT2D eigenvalue weighted by Gasteiger charge is 2.44. The van der Waals surface area contributed by atoms with Crippen LogP contribution in [-0.4, -0.2) is 0 Å². The van der Waals surface area contributed by atoms with E-state index in [-0.39, 0.29) is 15.0 Å². The van der Waals surface area contributed by atoms with Crippen LogP contribution >= 0.6 is 57.1 Å². The van der Waals surface area contributed by atoms with E-state index in [2.05, 4.69) is 0 Å². The first-order valence-electron chi connectivity index (χ1n) is 17.4.